The lowest BCUT2D eigenvalue weighted by atomic mass is 9.98. The van der Waals surface area contributed by atoms with Crippen molar-refractivity contribution in [2.75, 3.05) is 11.9 Å². The molecule has 0 aromatic heterocycles. The molecule has 0 aliphatic heterocycles. The van der Waals surface area contributed by atoms with Crippen LogP contribution in [0.1, 0.15) is 20.8 Å². The molecule has 0 aliphatic rings. The molecule has 3 heteroatoms. The minimum absolute atomic E-state index is 0.0302. The normalized spacial score (nSPS) is 10.1. The van der Waals surface area contributed by atoms with Crippen LogP contribution in [0.15, 0.2) is 30.3 Å². The van der Waals surface area contributed by atoms with Crippen LogP contribution in [0.5, 0.6) is 0 Å². The third-order valence-electron chi connectivity index (χ3n) is 1.83. The average molecular weight is 230 g/mol. The summed E-state index contributed by atoms with van der Waals surface area (Å²) in [6.45, 7) is 6.45. The van der Waals surface area contributed by atoms with Crippen molar-refractivity contribution in [3.05, 3.63) is 30.3 Å². The Labute approximate surface area is 103 Å². The van der Waals surface area contributed by atoms with E-state index in [1.165, 1.54) is 0 Å². The first kappa shape index (κ1) is 13.1. The smallest absolute Gasteiger partial charge is 0.319 e. The van der Waals surface area contributed by atoms with Crippen molar-refractivity contribution in [3.63, 3.8) is 0 Å². The first-order chi connectivity index (χ1) is 7.97. The van der Waals surface area contributed by atoms with E-state index in [1.807, 2.05) is 51.1 Å². The molecule has 0 unspecified atom stereocenters. The molecule has 0 saturated carbocycles. The van der Waals surface area contributed by atoms with Crippen molar-refractivity contribution in [1.82, 2.24) is 5.32 Å². The number of anilines is 1. The van der Waals surface area contributed by atoms with E-state index in [0.29, 0.717) is 6.54 Å². The number of carbonyl (C=O) groups excluding carboxylic acids is 1. The summed E-state index contributed by atoms with van der Waals surface area (Å²) in [6.07, 6.45) is 0. The third kappa shape index (κ3) is 6.26. The molecule has 3 nitrogen and oxygen atoms in total. The van der Waals surface area contributed by atoms with Crippen LogP contribution in [0.4, 0.5) is 10.5 Å². The molecule has 17 heavy (non-hydrogen) atoms. The average Bonchev–Trinajstić information content (AvgIpc) is 2.25. The predicted molar refractivity (Wildman–Crippen MR) is 70.7 cm³/mol. The molecule has 0 fully saturated rings. The molecule has 0 spiro atoms. The maximum Gasteiger partial charge on any atom is 0.319 e. The van der Waals surface area contributed by atoms with E-state index in [4.69, 9.17) is 0 Å². The highest BCUT2D eigenvalue weighted by atomic mass is 16.2. The van der Waals surface area contributed by atoms with Gasteiger partial charge in [0.1, 0.15) is 0 Å². The molecule has 1 rings (SSSR count). The van der Waals surface area contributed by atoms with Gasteiger partial charge in [0, 0.05) is 11.1 Å². The quantitative estimate of drug-likeness (QED) is 0.754. The maximum absolute atomic E-state index is 11.4. The standard InChI is InChI=1S/C14H18N2O/c1-14(2,3)10-7-11-15-13(17)16-12-8-5-4-6-9-12/h4-6,8-9H,11H2,1-3H3,(H2,15,16,17). The highest BCUT2D eigenvalue weighted by molar-refractivity contribution is 5.89. The van der Waals surface area contributed by atoms with E-state index in [0.717, 1.165) is 5.69 Å². The molecule has 0 bridgehead atoms. The van der Waals surface area contributed by atoms with Crippen LogP contribution in [0.2, 0.25) is 0 Å². The minimum atomic E-state index is -0.237. The summed E-state index contributed by atoms with van der Waals surface area (Å²) < 4.78 is 0. The van der Waals surface area contributed by atoms with Crippen molar-refractivity contribution >= 4 is 11.7 Å². The van der Waals surface area contributed by atoms with E-state index in [-0.39, 0.29) is 11.4 Å². The number of amides is 2. The number of benzene rings is 1. The number of rotatable bonds is 2. The summed E-state index contributed by atoms with van der Waals surface area (Å²) in [5.74, 6) is 5.97. The van der Waals surface area contributed by atoms with Gasteiger partial charge in [-0.25, -0.2) is 4.79 Å². The number of carbonyl (C=O) groups is 1. The number of nitrogens with one attached hydrogen (secondary N) is 2. The van der Waals surface area contributed by atoms with Crippen molar-refractivity contribution in [2.45, 2.75) is 20.8 Å². The number of urea groups is 1. The van der Waals surface area contributed by atoms with Crippen LogP contribution in [0.25, 0.3) is 0 Å². The van der Waals surface area contributed by atoms with Gasteiger partial charge in [-0.15, -0.1) is 0 Å². The molecule has 1 aromatic carbocycles. The highest BCUT2D eigenvalue weighted by Crippen LogP contribution is 2.09. The monoisotopic (exact) mass is 230 g/mol. The molecule has 0 aliphatic carbocycles. The maximum atomic E-state index is 11.4. The lowest BCUT2D eigenvalue weighted by Gasteiger charge is -2.07. The summed E-state index contributed by atoms with van der Waals surface area (Å²) in [5.41, 5.74) is 0.742. The van der Waals surface area contributed by atoms with Gasteiger partial charge in [-0.05, 0) is 32.9 Å². The van der Waals surface area contributed by atoms with Gasteiger partial charge in [0.15, 0.2) is 0 Å². The van der Waals surface area contributed by atoms with Gasteiger partial charge >= 0.3 is 6.03 Å². The molecule has 2 amide bonds. The van der Waals surface area contributed by atoms with E-state index in [1.54, 1.807) is 0 Å². The van der Waals surface area contributed by atoms with Gasteiger partial charge in [0.2, 0.25) is 0 Å². The largest absolute Gasteiger partial charge is 0.327 e. The Kier molecular flexibility index (Phi) is 4.59. The van der Waals surface area contributed by atoms with Crippen molar-refractivity contribution in [2.24, 2.45) is 5.41 Å². The zero-order valence-electron chi connectivity index (χ0n) is 10.5. The van der Waals surface area contributed by atoms with Crippen molar-refractivity contribution < 1.29 is 4.79 Å². The molecule has 1 aromatic rings. The molecular formula is C14H18N2O. The Morgan fingerprint density at radius 1 is 1.24 bits per heavy atom. The molecule has 90 valence electrons. The lowest BCUT2D eigenvalue weighted by molar-refractivity contribution is 0.253. The number of hydrogen-bond donors (Lipinski definition) is 2. The van der Waals surface area contributed by atoms with E-state index < -0.39 is 0 Å². The van der Waals surface area contributed by atoms with Gasteiger partial charge in [-0.3, -0.25) is 0 Å². The van der Waals surface area contributed by atoms with Gasteiger partial charge in [0.05, 0.1) is 6.54 Å². The van der Waals surface area contributed by atoms with Crippen molar-refractivity contribution in [1.29, 1.82) is 0 Å². The van der Waals surface area contributed by atoms with E-state index in [2.05, 4.69) is 22.5 Å². The van der Waals surface area contributed by atoms with Crippen LogP contribution in [0, 0.1) is 17.3 Å². The topological polar surface area (TPSA) is 41.1 Å². The number of para-hydroxylation sites is 1. The zero-order chi connectivity index (χ0) is 12.7. The van der Waals surface area contributed by atoms with Crippen molar-refractivity contribution in [3.8, 4) is 11.8 Å². The second kappa shape index (κ2) is 5.95. The first-order valence-corrected chi connectivity index (χ1v) is 5.57. The highest BCUT2D eigenvalue weighted by Gasteiger charge is 2.03. The molecule has 0 radical (unpaired) electrons. The molecule has 0 saturated heterocycles. The van der Waals surface area contributed by atoms with Gasteiger partial charge in [-0.2, -0.15) is 0 Å². The third-order valence-corrected chi connectivity index (χ3v) is 1.83. The zero-order valence-corrected chi connectivity index (χ0v) is 10.5. The fourth-order valence-corrected chi connectivity index (χ4v) is 1.13. The van der Waals surface area contributed by atoms with Crippen LogP contribution < -0.4 is 10.6 Å². The van der Waals surface area contributed by atoms with Crippen LogP contribution >= 0.6 is 0 Å². The summed E-state index contributed by atoms with van der Waals surface area (Å²) in [4.78, 5) is 11.4. The minimum Gasteiger partial charge on any atom is -0.327 e. The fraction of sp³-hybridized carbons (Fsp3) is 0.357. The number of hydrogen-bond acceptors (Lipinski definition) is 1. The first-order valence-electron chi connectivity index (χ1n) is 5.57. The van der Waals surface area contributed by atoms with Gasteiger partial charge < -0.3 is 10.6 Å². The Hall–Kier alpha value is -1.95. The van der Waals surface area contributed by atoms with Gasteiger partial charge in [-0.1, -0.05) is 30.0 Å². The SMILES string of the molecule is CC(C)(C)C#CCNC(=O)Nc1ccccc1. The Balaban J connectivity index is 2.34. The molecule has 0 heterocycles. The summed E-state index contributed by atoms with van der Waals surface area (Å²) in [6, 6.07) is 9.07. The van der Waals surface area contributed by atoms with Gasteiger partial charge in [0.25, 0.3) is 0 Å². The lowest BCUT2D eigenvalue weighted by Crippen LogP contribution is -2.29. The van der Waals surface area contributed by atoms with Crippen LogP contribution in [-0.2, 0) is 0 Å². The second-order valence-corrected chi connectivity index (χ2v) is 4.73. The van der Waals surface area contributed by atoms with E-state index >= 15 is 0 Å². The second-order valence-electron chi connectivity index (χ2n) is 4.73. The Morgan fingerprint density at radius 2 is 1.88 bits per heavy atom. The Bertz CT molecular complexity index is 421. The van der Waals surface area contributed by atoms with Crippen LogP contribution in [0.3, 0.4) is 0 Å². The predicted octanol–water partition coefficient (Wildman–Crippen LogP) is 2.86. The van der Waals surface area contributed by atoms with Crippen LogP contribution in [-0.4, -0.2) is 12.6 Å². The summed E-state index contributed by atoms with van der Waals surface area (Å²) >= 11 is 0. The molecule has 2 N–H and O–H groups in total. The fourth-order valence-electron chi connectivity index (χ4n) is 1.13. The molecular weight excluding hydrogens is 212 g/mol. The molecule has 0 atom stereocenters. The summed E-state index contributed by atoms with van der Waals surface area (Å²) in [7, 11) is 0. The van der Waals surface area contributed by atoms with E-state index in [9.17, 15) is 4.79 Å². The Morgan fingerprint density at radius 3 is 2.47 bits per heavy atom. The summed E-state index contributed by atoms with van der Waals surface area (Å²) in [5, 5.41) is 5.40.